The van der Waals surface area contributed by atoms with Crippen molar-refractivity contribution >= 4 is 72.3 Å². The molecule has 0 amide bonds. The SMILES string of the molecule is SCC1=CSC(CC2CCC(CC3SC=C(CS)S3)CC2)S1. The highest BCUT2D eigenvalue weighted by atomic mass is 32.2. The molecule has 1 aliphatic carbocycles. The van der Waals surface area contributed by atoms with Crippen LogP contribution in [-0.4, -0.2) is 20.7 Å². The van der Waals surface area contributed by atoms with Gasteiger partial charge in [0.15, 0.2) is 0 Å². The molecule has 22 heavy (non-hydrogen) atoms. The Morgan fingerprint density at radius 2 is 1.18 bits per heavy atom. The van der Waals surface area contributed by atoms with Crippen LogP contribution in [0.25, 0.3) is 0 Å². The van der Waals surface area contributed by atoms with E-state index < -0.39 is 0 Å². The molecule has 1 fully saturated rings. The average Bonchev–Trinajstić information content (AvgIpc) is 3.18. The smallest absolute Gasteiger partial charge is 0.0591 e. The molecule has 0 aromatic heterocycles. The van der Waals surface area contributed by atoms with Gasteiger partial charge in [-0.3, -0.25) is 0 Å². The third-order valence-corrected chi connectivity index (χ3v) is 11.1. The lowest BCUT2D eigenvalue weighted by Crippen LogP contribution is -2.18. The van der Waals surface area contributed by atoms with Crippen LogP contribution in [0.5, 0.6) is 0 Å². The van der Waals surface area contributed by atoms with Gasteiger partial charge in [0.05, 0.1) is 9.16 Å². The monoisotopic (exact) mass is 408 g/mol. The van der Waals surface area contributed by atoms with Crippen molar-refractivity contribution in [2.75, 3.05) is 11.5 Å². The Morgan fingerprint density at radius 1 is 0.773 bits per heavy atom. The first kappa shape index (κ1) is 18.4. The minimum atomic E-state index is 0.770. The zero-order chi connectivity index (χ0) is 15.4. The molecule has 0 aromatic carbocycles. The number of rotatable bonds is 6. The molecule has 2 atom stereocenters. The normalized spacial score (nSPS) is 35.5. The highest BCUT2D eigenvalue weighted by molar-refractivity contribution is 8.23. The van der Waals surface area contributed by atoms with Gasteiger partial charge >= 0.3 is 0 Å². The molecule has 124 valence electrons. The van der Waals surface area contributed by atoms with E-state index in [-0.39, 0.29) is 0 Å². The van der Waals surface area contributed by atoms with Crippen molar-refractivity contribution in [1.29, 1.82) is 0 Å². The third kappa shape index (κ3) is 5.29. The fourth-order valence-corrected chi connectivity index (χ4v) is 9.63. The summed E-state index contributed by atoms with van der Waals surface area (Å²) in [7, 11) is 0. The van der Waals surface area contributed by atoms with Crippen LogP contribution >= 0.6 is 72.3 Å². The van der Waals surface area contributed by atoms with Crippen LogP contribution in [0.3, 0.4) is 0 Å². The molecule has 0 nitrogen and oxygen atoms in total. The van der Waals surface area contributed by atoms with Crippen LogP contribution in [0.15, 0.2) is 20.6 Å². The molecule has 6 heteroatoms. The Balaban J connectivity index is 1.33. The molecule has 0 aromatic rings. The Hall–Kier alpha value is 1.58. The van der Waals surface area contributed by atoms with Crippen molar-refractivity contribution in [2.24, 2.45) is 11.8 Å². The summed E-state index contributed by atoms with van der Waals surface area (Å²) < 4.78 is 1.54. The summed E-state index contributed by atoms with van der Waals surface area (Å²) in [6.45, 7) is 0. The highest BCUT2D eigenvalue weighted by Gasteiger charge is 2.29. The maximum atomic E-state index is 4.39. The second-order valence-electron chi connectivity index (χ2n) is 6.21. The summed E-state index contributed by atoms with van der Waals surface area (Å²) in [6.07, 6.45) is 8.60. The van der Waals surface area contributed by atoms with Gasteiger partial charge in [-0.15, -0.1) is 47.0 Å². The Kier molecular flexibility index (Phi) is 7.79. The minimum absolute atomic E-state index is 0.770. The van der Waals surface area contributed by atoms with Crippen LogP contribution in [0.4, 0.5) is 0 Å². The van der Waals surface area contributed by atoms with E-state index in [0.29, 0.717) is 0 Å². The molecule has 0 spiro atoms. The predicted molar refractivity (Wildman–Crippen MR) is 116 cm³/mol. The highest BCUT2D eigenvalue weighted by Crippen LogP contribution is 2.48. The van der Waals surface area contributed by atoms with Crippen LogP contribution in [0, 0.1) is 11.8 Å². The van der Waals surface area contributed by atoms with E-state index in [2.05, 4.69) is 59.6 Å². The van der Waals surface area contributed by atoms with Crippen LogP contribution in [0.1, 0.15) is 38.5 Å². The van der Waals surface area contributed by atoms with Gasteiger partial charge < -0.3 is 0 Å². The van der Waals surface area contributed by atoms with Gasteiger partial charge in [-0.05, 0) is 35.5 Å². The van der Waals surface area contributed by atoms with E-state index in [1.807, 2.05) is 23.5 Å². The standard InChI is InChI=1S/C16H24S6/c17-7-13-9-19-15(21-13)5-11-1-2-12(4-3-11)6-16-20-10-14(8-18)22-16/h9-12,15-18H,1-8H2. The Labute approximate surface area is 163 Å². The van der Waals surface area contributed by atoms with E-state index in [4.69, 9.17) is 0 Å². The number of hydrogen-bond donors (Lipinski definition) is 2. The molecule has 3 aliphatic rings. The largest absolute Gasteiger partial charge is 0.174 e. The molecule has 0 bridgehead atoms. The summed E-state index contributed by atoms with van der Waals surface area (Å²) in [4.78, 5) is 2.93. The van der Waals surface area contributed by atoms with Gasteiger partial charge in [0, 0.05) is 21.3 Å². The molecule has 2 aliphatic heterocycles. The number of thioether (sulfide) groups is 4. The van der Waals surface area contributed by atoms with Gasteiger partial charge in [0.2, 0.25) is 0 Å². The van der Waals surface area contributed by atoms with Crippen molar-refractivity contribution in [1.82, 2.24) is 0 Å². The molecular weight excluding hydrogens is 385 g/mol. The van der Waals surface area contributed by atoms with Gasteiger partial charge in [0.25, 0.3) is 0 Å². The van der Waals surface area contributed by atoms with E-state index in [0.717, 1.165) is 32.5 Å². The third-order valence-electron chi connectivity index (χ3n) is 4.60. The molecule has 2 heterocycles. The number of hydrogen-bond acceptors (Lipinski definition) is 6. The molecule has 0 N–H and O–H groups in total. The number of thiol groups is 2. The lowest BCUT2D eigenvalue weighted by molar-refractivity contribution is 0.263. The maximum absolute atomic E-state index is 4.39. The molecule has 3 rings (SSSR count). The van der Waals surface area contributed by atoms with Gasteiger partial charge in [-0.25, -0.2) is 0 Å². The summed E-state index contributed by atoms with van der Waals surface area (Å²) in [5, 5.41) is 4.66. The first-order chi connectivity index (χ1) is 10.8. The molecule has 0 saturated heterocycles. The van der Waals surface area contributed by atoms with E-state index >= 15 is 0 Å². The fourth-order valence-electron chi connectivity index (χ4n) is 3.36. The second kappa shape index (κ2) is 9.33. The lowest BCUT2D eigenvalue weighted by atomic mass is 9.80. The molecular formula is C16H24S6. The quantitative estimate of drug-likeness (QED) is 0.467. The first-order valence-corrected chi connectivity index (χ1v) is 12.9. The van der Waals surface area contributed by atoms with Crippen molar-refractivity contribution in [3.05, 3.63) is 20.6 Å². The van der Waals surface area contributed by atoms with Gasteiger partial charge in [-0.2, -0.15) is 25.3 Å². The Morgan fingerprint density at radius 3 is 1.50 bits per heavy atom. The average molecular weight is 409 g/mol. The molecule has 2 unspecified atom stereocenters. The van der Waals surface area contributed by atoms with Crippen molar-refractivity contribution in [3.8, 4) is 0 Å². The second-order valence-corrected chi connectivity index (χ2v) is 12.3. The topological polar surface area (TPSA) is 0 Å². The van der Waals surface area contributed by atoms with Gasteiger partial charge in [-0.1, -0.05) is 25.7 Å². The van der Waals surface area contributed by atoms with E-state index in [1.54, 1.807) is 0 Å². The maximum Gasteiger partial charge on any atom is 0.0591 e. The van der Waals surface area contributed by atoms with Crippen LogP contribution in [0.2, 0.25) is 0 Å². The van der Waals surface area contributed by atoms with Crippen molar-refractivity contribution in [2.45, 2.75) is 47.7 Å². The molecule has 1 saturated carbocycles. The predicted octanol–water partition coefficient (Wildman–Crippen LogP) is 6.73. The van der Waals surface area contributed by atoms with Gasteiger partial charge in [0.1, 0.15) is 0 Å². The van der Waals surface area contributed by atoms with Crippen molar-refractivity contribution < 1.29 is 0 Å². The summed E-state index contributed by atoms with van der Waals surface area (Å²) >= 11 is 17.0. The van der Waals surface area contributed by atoms with Crippen LogP contribution < -0.4 is 0 Å². The zero-order valence-corrected chi connectivity index (χ0v) is 17.7. The summed E-state index contributed by atoms with van der Waals surface area (Å²) in [5.74, 6) is 3.76. The Bertz CT molecular complexity index is 384. The zero-order valence-electron chi connectivity index (χ0n) is 12.6. The lowest BCUT2D eigenvalue weighted by Gasteiger charge is -2.30. The fraction of sp³-hybridized carbons (Fsp3) is 0.750. The van der Waals surface area contributed by atoms with Crippen LogP contribution in [-0.2, 0) is 0 Å². The van der Waals surface area contributed by atoms with E-state index in [1.165, 1.54) is 48.3 Å². The first-order valence-electron chi connectivity index (χ1n) is 8.01. The van der Waals surface area contributed by atoms with E-state index in [9.17, 15) is 0 Å². The van der Waals surface area contributed by atoms with Crippen molar-refractivity contribution in [3.63, 3.8) is 0 Å². The molecule has 0 radical (unpaired) electrons. The summed E-state index contributed by atoms with van der Waals surface area (Å²) in [6, 6.07) is 0. The minimum Gasteiger partial charge on any atom is -0.174 e. The summed E-state index contributed by atoms with van der Waals surface area (Å²) in [5.41, 5.74) is 0.